The fourth-order valence-electron chi connectivity index (χ4n) is 0.983. The van der Waals surface area contributed by atoms with Gasteiger partial charge in [0.05, 0.1) is 5.69 Å². The van der Waals surface area contributed by atoms with Crippen LogP contribution >= 0.6 is 0 Å². The van der Waals surface area contributed by atoms with Gasteiger partial charge in [0.1, 0.15) is 11.5 Å². The summed E-state index contributed by atoms with van der Waals surface area (Å²) in [6.45, 7) is 1.87. The molecule has 0 saturated carbocycles. The monoisotopic (exact) mass is 148 g/mol. The number of aryl methyl sites for hydroxylation is 1. The number of nitrogens with one attached hydrogen (secondary N) is 1. The highest BCUT2D eigenvalue weighted by Crippen LogP contribution is 2.15. The first-order valence-electron chi connectivity index (χ1n) is 3.43. The molecule has 0 unspecified atom stereocenters. The molecule has 0 bridgehead atoms. The minimum absolute atomic E-state index is 0.828. The Hall–Kier alpha value is -1.51. The summed E-state index contributed by atoms with van der Waals surface area (Å²) in [5.74, 6) is 0.828. The average molecular weight is 148 g/mol. The van der Waals surface area contributed by atoms with Gasteiger partial charge in [-0.2, -0.15) is 0 Å². The minimum Gasteiger partial charge on any atom is -0.361 e. The Morgan fingerprint density at radius 1 is 1.55 bits per heavy atom. The largest absolute Gasteiger partial charge is 0.361 e. The standard InChI is InChI=1S/C8H8N2O/c1-6-5-8(10-11-6)7-3-2-4-9-7/h2-5,9H,1H3. The zero-order valence-electron chi connectivity index (χ0n) is 6.16. The van der Waals surface area contributed by atoms with Crippen molar-refractivity contribution in [1.82, 2.24) is 10.1 Å². The van der Waals surface area contributed by atoms with E-state index in [1.165, 1.54) is 0 Å². The summed E-state index contributed by atoms with van der Waals surface area (Å²) in [6.07, 6.45) is 1.86. The second-order valence-electron chi connectivity index (χ2n) is 2.41. The van der Waals surface area contributed by atoms with Crippen LogP contribution in [0.4, 0.5) is 0 Å². The second kappa shape index (κ2) is 2.27. The molecule has 0 spiro atoms. The maximum Gasteiger partial charge on any atom is 0.134 e. The van der Waals surface area contributed by atoms with Gasteiger partial charge in [0.15, 0.2) is 0 Å². The molecule has 11 heavy (non-hydrogen) atoms. The van der Waals surface area contributed by atoms with Crippen molar-refractivity contribution in [3.8, 4) is 11.4 Å². The Labute approximate surface area is 64.0 Å². The Morgan fingerprint density at radius 2 is 2.45 bits per heavy atom. The van der Waals surface area contributed by atoms with Crippen molar-refractivity contribution in [2.75, 3.05) is 0 Å². The highest BCUT2D eigenvalue weighted by molar-refractivity contribution is 5.53. The van der Waals surface area contributed by atoms with Crippen molar-refractivity contribution in [3.05, 3.63) is 30.2 Å². The summed E-state index contributed by atoms with van der Waals surface area (Å²) in [5.41, 5.74) is 1.84. The lowest BCUT2D eigenvalue weighted by Gasteiger charge is -1.84. The highest BCUT2D eigenvalue weighted by Gasteiger charge is 2.02. The number of nitrogens with zero attached hydrogens (tertiary/aromatic N) is 1. The summed E-state index contributed by atoms with van der Waals surface area (Å²) >= 11 is 0. The van der Waals surface area contributed by atoms with Gasteiger partial charge in [-0.05, 0) is 19.1 Å². The molecular weight excluding hydrogens is 140 g/mol. The molecular formula is C8H8N2O. The molecule has 0 amide bonds. The van der Waals surface area contributed by atoms with Crippen LogP contribution in [0.1, 0.15) is 5.76 Å². The number of aromatic nitrogens is 2. The van der Waals surface area contributed by atoms with E-state index in [-0.39, 0.29) is 0 Å². The van der Waals surface area contributed by atoms with Crippen LogP contribution in [-0.2, 0) is 0 Å². The van der Waals surface area contributed by atoms with Crippen LogP contribution in [-0.4, -0.2) is 10.1 Å². The van der Waals surface area contributed by atoms with Crippen molar-refractivity contribution in [1.29, 1.82) is 0 Å². The normalized spacial score (nSPS) is 10.3. The predicted molar refractivity (Wildman–Crippen MR) is 41.0 cm³/mol. The maximum atomic E-state index is 4.92. The smallest absolute Gasteiger partial charge is 0.134 e. The maximum absolute atomic E-state index is 4.92. The fraction of sp³-hybridized carbons (Fsp3) is 0.125. The minimum atomic E-state index is 0.828. The van der Waals surface area contributed by atoms with Crippen LogP contribution in [0.25, 0.3) is 11.4 Å². The molecule has 56 valence electrons. The fourth-order valence-corrected chi connectivity index (χ4v) is 0.983. The number of H-pyrrole nitrogens is 1. The van der Waals surface area contributed by atoms with Crippen molar-refractivity contribution in [2.24, 2.45) is 0 Å². The van der Waals surface area contributed by atoms with Gasteiger partial charge in [-0.3, -0.25) is 0 Å². The van der Waals surface area contributed by atoms with Gasteiger partial charge >= 0.3 is 0 Å². The van der Waals surface area contributed by atoms with Gasteiger partial charge in [-0.1, -0.05) is 5.16 Å². The molecule has 3 nitrogen and oxygen atoms in total. The first-order valence-corrected chi connectivity index (χ1v) is 3.43. The van der Waals surface area contributed by atoms with Gasteiger partial charge in [0, 0.05) is 12.3 Å². The number of rotatable bonds is 1. The lowest BCUT2D eigenvalue weighted by atomic mass is 10.3. The van der Waals surface area contributed by atoms with Gasteiger partial charge in [-0.25, -0.2) is 0 Å². The van der Waals surface area contributed by atoms with Crippen LogP contribution in [0, 0.1) is 6.92 Å². The van der Waals surface area contributed by atoms with Crippen molar-refractivity contribution in [3.63, 3.8) is 0 Å². The highest BCUT2D eigenvalue weighted by atomic mass is 16.5. The lowest BCUT2D eigenvalue weighted by molar-refractivity contribution is 0.399. The number of hydrogen-bond acceptors (Lipinski definition) is 2. The summed E-state index contributed by atoms with van der Waals surface area (Å²) in [4.78, 5) is 3.04. The van der Waals surface area contributed by atoms with Crippen molar-refractivity contribution < 1.29 is 4.52 Å². The van der Waals surface area contributed by atoms with Crippen molar-refractivity contribution in [2.45, 2.75) is 6.92 Å². The number of hydrogen-bond donors (Lipinski definition) is 1. The van der Waals surface area contributed by atoms with E-state index in [4.69, 9.17) is 4.52 Å². The first kappa shape index (κ1) is 6.22. The van der Waals surface area contributed by atoms with E-state index in [2.05, 4.69) is 10.1 Å². The average Bonchev–Trinajstić information content (AvgIpc) is 2.55. The van der Waals surface area contributed by atoms with Crippen LogP contribution in [0.3, 0.4) is 0 Å². The zero-order valence-corrected chi connectivity index (χ0v) is 6.16. The van der Waals surface area contributed by atoms with Crippen LogP contribution < -0.4 is 0 Å². The second-order valence-corrected chi connectivity index (χ2v) is 2.41. The molecule has 0 aliphatic heterocycles. The van der Waals surface area contributed by atoms with Gasteiger partial charge < -0.3 is 9.51 Å². The molecule has 2 heterocycles. The van der Waals surface area contributed by atoms with E-state index in [1.54, 1.807) is 0 Å². The molecule has 0 radical (unpaired) electrons. The molecule has 1 N–H and O–H groups in total. The molecule has 0 aliphatic carbocycles. The lowest BCUT2D eigenvalue weighted by Crippen LogP contribution is -1.73. The van der Waals surface area contributed by atoms with Gasteiger partial charge in [-0.15, -0.1) is 0 Å². The first-order chi connectivity index (χ1) is 5.36. The summed E-state index contributed by atoms with van der Waals surface area (Å²) in [6, 6.07) is 5.78. The van der Waals surface area contributed by atoms with Gasteiger partial charge in [0.2, 0.25) is 0 Å². The molecule has 0 fully saturated rings. The third-order valence-corrected chi connectivity index (χ3v) is 1.50. The Kier molecular flexibility index (Phi) is 1.28. The van der Waals surface area contributed by atoms with Crippen LogP contribution in [0.2, 0.25) is 0 Å². The number of aromatic amines is 1. The third-order valence-electron chi connectivity index (χ3n) is 1.50. The van der Waals surface area contributed by atoms with Crippen LogP contribution in [0.5, 0.6) is 0 Å². The predicted octanol–water partition coefficient (Wildman–Crippen LogP) is 1.98. The van der Waals surface area contributed by atoms with Gasteiger partial charge in [0.25, 0.3) is 0 Å². The Bertz CT molecular complexity index is 335. The van der Waals surface area contributed by atoms with E-state index in [1.807, 2.05) is 31.3 Å². The van der Waals surface area contributed by atoms with Crippen molar-refractivity contribution >= 4 is 0 Å². The molecule has 2 aromatic heterocycles. The molecule has 2 aromatic rings. The summed E-state index contributed by atoms with van der Waals surface area (Å²) < 4.78 is 4.92. The topological polar surface area (TPSA) is 41.8 Å². The Morgan fingerprint density at radius 3 is 3.00 bits per heavy atom. The third kappa shape index (κ3) is 1.05. The quantitative estimate of drug-likeness (QED) is 0.671. The molecule has 2 rings (SSSR count). The molecule has 0 saturated heterocycles. The SMILES string of the molecule is Cc1cc(-c2ccc[nH]2)no1. The molecule has 0 atom stereocenters. The van der Waals surface area contributed by atoms with E-state index >= 15 is 0 Å². The van der Waals surface area contributed by atoms with Crippen LogP contribution in [0.15, 0.2) is 28.9 Å². The summed E-state index contributed by atoms with van der Waals surface area (Å²) in [5, 5.41) is 3.85. The van der Waals surface area contributed by atoms with E-state index in [9.17, 15) is 0 Å². The van der Waals surface area contributed by atoms with E-state index in [0.717, 1.165) is 17.1 Å². The zero-order chi connectivity index (χ0) is 7.68. The molecule has 3 heteroatoms. The summed E-state index contributed by atoms with van der Waals surface area (Å²) in [7, 11) is 0. The van der Waals surface area contributed by atoms with E-state index < -0.39 is 0 Å². The molecule has 0 aromatic carbocycles. The molecule has 0 aliphatic rings. The van der Waals surface area contributed by atoms with E-state index in [0.29, 0.717) is 0 Å². The Balaban J connectivity index is 2.45.